The van der Waals surface area contributed by atoms with Gasteiger partial charge in [0, 0.05) is 36.9 Å². The molecule has 200 valence electrons. The van der Waals surface area contributed by atoms with E-state index >= 15 is 0 Å². The van der Waals surface area contributed by atoms with Gasteiger partial charge in [0.1, 0.15) is 23.3 Å². The molecule has 5 rings (SSSR count). The van der Waals surface area contributed by atoms with Crippen LogP contribution in [0.15, 0.2) is 55.8 Å². The first-order valence-electron chi connectivity index (χ1n) is 12.7. The topological polar surface area (TPSA) is 95.5 Å². The van der Waals surface area contributed by atoms with E-state index in [9.17, 15) is 9.59 Å². The predicted molar refractivity (Wildman–Crippen MR) is 145 cm³/mol. The number of fused-ring (bicyclic) bond motifs is 1. The number of nitrogens with zero attached hydrogens (tertiary/aromatic N) is 3. The van der Waals surface area contributed by atoms with Crippen molar-refractivity contribution in [2.24, 2.45) is 4.99 Å². The van der Waals surface area contributed by atoms with Crippen LogP contribution in [-0.4, -0.2) is 44.5 Å². The lowest BCUT2D eigenvalue weighted by Crippen LogP contribution is -2.40. The Labute approximate surface area is 224 Å². The predicted octanol–water partition coefficient (Wildman–Crippen LogP) is 3.40. The Morgan fingerprint density at radius 3 is 2.66 bits per heavy atom. The van der Waals surface area contributed by atoms with Gasteiger partial charge in [-0.1, -0.05) is 11.3 Å². The maximum absolute atomic E-state index is 13.9. The van der Waals surface area contributed by atoms with Gasteiger partial charge in [0.05, 0.1) is 36.6 Å². The van der Waals surface area contributed by atoms with E-state index in [1.807, 2.05) is 12.1 Å². The standard InChI is InChI=1S/C28H31N3O6S/c1-5-36-27(33)24-17(2)29-28-31(25(24)20-11-9-18(34-3)15-21(20)35-4)26(32)22(38-28)16-19-10-12-23(37-19)30-13-7-6-8-14-30/h9-12,15-16,25H,5-8,13-14H2,1-4H3/b22-16+/t25-/m0/s1. The lowest BCUT2D eigenvalue weighted by molar-refractivity contribution is -0.139. The Bertz CT molecular complexity index is 1560. The van der Waals surface area contributed by atoms with Crippen molar-refractivity contribution in [1.82, 2.24) is 4.57 Å². The summed E-state index contributed by atoms with van der Waals surface area (Å²) in [6.45, 7) is 5.63. The van der Waals surface area contributed by atoms with Crippen molar-refractivity contribution in [3.05, 3.63) is 72.6 Å². The number of allylic oxidation sites excluding steroid dienone is 1. The lowest BCUT2D eigenvalue weighted by Gasteiger charge is -2.26. The third-order valence-electron chi connectivity index (χ3n) is 6.81. The van der Waals surface area contributed by atoms with Crippen LogP contribution in [0.3, 0.4) is 0 Å². The highest BCUT2D eigenvalue weighted by Gasteiger charge is 2.35. The van der Waals surface area contributed by atoms with Crippen molar-refractivity contribution in [1.29, 1.82) is 0 Å². The average molecular weight is 538 g/mol. The number of esters is 1. The fourth-order valence-electron chi connectivity index (χ4n) is 4.96. The zero-order valence-electron chi connectivity index (χ0n) is 22.0. The van der Waals surface area contributed by atoms with Crippen molar-refractivity contribution in [2.75, 3.05) is 38.8 Å². The van der Waals surface area contributed by atoms with Gasteiger partial charge < -0.3 is 23.5 Å². The minimum absolute atomic E-state index is 0.199. The molecule has 1 fully saturated rings. The molecule has 0 saturated carbocycles. The minimum atomic E-state index is -0.784. The highest BCUT2D eigenvalue weighted by Crippen LogP contribution is 2.37. The second-order valence-electron chi connectivity index (χ2n) is 9.13. The lowest BCUT2D eigenvalue weighted by atomic mass is 9.95. The third kappa shape index (κ3) is 4.76. The summed E-state index contributed by atoms with van der Waals surface area (Å²) < 4.78 is 24.5. The average Bonchev–Trinajstić information content (AvgIpc) is 3.52. The first-order chi connectivity index (χ1) is 18.4. The van der Waals surface area contributed by atoms with Crippen LogP contribution in [-0.2, 0) is 9.53 Å². The monoisotopic (exact) mass is 537 g/mol. The molecule has 0 bridgehead atoms. The zero-order valence-corrected chi connectivity index (χ0v) is 22.8. The van der Waals surface area contributed by atoms with Gasteiger partial charge in [0.2, 0.25) is 0 Å². The van der Waals surface area contributed by atoms with E-state index in [1.165, 1.54) is 22.3 Å². The molecule has 0 unspecified atom stereocenters. The van der Waals surface area contributed by atoms with Gasteiger partial charge in [-0.05, 0) is 51.3 Å². The number of hydrogen-bond donors (Lipinski definition) is 0. The number of aromatic nitrogens is 1. The summed E-state index contributed by atoms with van der Waals surface area (Å²) in [5.41, 5.74) is 1.13. The van der Waals surface area contributed by atoms with E-state index in [1.54, 1.807) is 52.3 Å². The summed E-state index contributed by atoms with van der Waals surface area (Å²) in [4.78, 5) is 34.3. The van der Waals surface area contributed by atoms with Gasteiger partial charge in [0.15, 0.2) is 10.7 Å². The van der Waals surface area contributed by atoms with Crippen LogP contribution in [0.4, 0.5) is 5.88 Å². The van der Waals surface area contributed by atoms with Crippen LogP contribution >= 0.6 is 11.3 Å². The Balaban J connectivity index is 1.64. The van der Waals surface area contributed by atoms with E-state index in [-0.39, 0.29) is 12.2 Å². The van der Waals surface area contributed by atoms with Crippen molar-refractivity contribution >= 4 is 29.3 Å². The molecule has 4 heterocycles. The smallest absolute Gasteiger partial charge is 0.338 e. The number of furan rings is 1. The maximum atomic E-state index is 13.9. The van der Waals surface area contributed by atoms with E-state index in [2.05, 4.69) is 9.89 Å². The molecule has 0 N–H and O–H groups in total. The highest BCUT2D eigenvalue weighted by atomic mass is 32.1. The Kier molecular flexibility index (Phi) is 7.42. The van der Waals surface area contributed by atoms with E-state index < -0.39 is 12.0 Å². The van der Waals surface area contributed by atoms with Crippen LogP contribution in [0, 0.1) is 0 Å². The summed E-state index contributed by atoms with van der Waals surface area (Å²) in [6.07, 6.45) is 5.26. The van der Waals surface area contributed by atoms with Crippen molar-refractivity contribution in [3.63, 3.8) is 0 Å². The normalized spacial score (nSPS) is 17.7. The van der Waals surface area contributed by atoms with Crippen LogP contribution < -0.4 is 29.3 Å². The summed E-state index contributed by atoms with van der Waals surface area (Å²) in [6, 6.07) is 8.35. The summed E-state index contributed by atoms with van der Waals surface area (Å²) >= 11 is 1.25. The van der Waals surface area contributed by atoms with Gasteiger partial charge in [-0.15, -0.1) is 0 Å². The Morgan fingerprint density at radius 2 is 1.95 bits per heavy atom. The molecule has 38 heavy (non-hydrogen) atoms. The molecule has 0 radical (unpaired) electrons. The van der Waals surface area contributed by atoms with Gasteiger partial charge in [-0.25, -0.2) is 9.79 Å². The largest absolute Gasteiger partial charge is 0.497 e. The molecule has 9 nitrogen and oxygen atoms in total. The van der Waals surface area contributed by atoms with Crippen LogP contribution in [0.5, 0.6) is 11.5 Å². The molecule has 2 aliphatic heterocycles. The van der Waals surface area contributed by atoms with Crippen LogP contribution in [0.2, 0.25) is 0 Å². The number of anilines is 1. The van der Waals surface area contributed by atoms with Crippen molar-refractivity contribution < 1.29 is 23.4 Å². The van der Waals surface area contributed by atoms with Gasteiger partial charge in [-0.2, -0.15) is 0 Å². The van der Waals surface area contributed by atoms with Gasteiger partial charge in [-0.3, -0.25) is 9.36 Å². The molecule has 10 heteroatoms. The van der Waals surface area contributed by atoms with Crippen molar-refractivity contribution in [2.45, 2.75) is 39.2 Å². The molecule has 3 aromatic rings. The number of thiazole rings is 1. The molecule has 0 aliphatic carbocycles. The Hall–Kier alpha value is -3.79. The second kappa shape index (κ2) is 10.9. The molecule has 1 saturated heterocycles. The first-order valence-corrected chi connectivity index (χ1v) is 13.5. The quantitative estimate of drug-likeness (QED) is 0.427. The number of benzene rings is 1. The Morgan fingerprint density at radius 1 is 1.16 bits per heavy atom. The molecule has 1 atom stereocenters. The maximum Gasteiger partial charge on any atom is 0.338 e. The molecule has 2 aliphatic rings. The molecule has 1 aromatic carbocycles. The van der Waals surface area contributed by atoms with Gasteiger partial charge >= 0.3 is 5.97 Å². The number of hydrogen-bond acceptors (Lipinski definition) is 9. The SMILES string of the molecule is CCOC(=O)C1=C(C)N=c2s/c(=C/c3ccc(N4CCCCC4)o3)c(=O)n2[C@H]1c1ccc(OC)cc1OC. The molecular weight excluding hydrogens is 506 g/mol. The molecular formula is C28H31N3O6S. The summed E-state index contributed by atoms with van der Waals surface area (Å²) in [5, 5.41) is 0. The van der Waals surface area contributed by atoms with Crippen molar-refractivity contribution in [3.8, 4) is 11.5 Å². The van der Waals surface area contributed by atoms with Gasteiger partial charge in [0.25, 0.3) is 5.56 Å². The number of rotatable bonds is 7. The summed E-state index contributed by atoms with van der Waals surface area (Å²) in [7, 11) is 3.11. The number of piperidine rings is 1. The second-order valence-corrected chi connectivity index (χ2v) is 10.1. The molecule has 0 amide bonds. The zero-order chi connectivity index (χ0) is 26.8. The fourth-order valence-corrected chi connectivity index (χ4v) is 5.99. The third-order valence-corrected chi connectivity index (χ3v) is 7.79. The minimum Gasteiger partial charge on any atom is -0.497 e. The number of carbonyl (C=O) groups is 1. The van der Waals surface area contributed by atoms with E-state index in [4.69, 9.17) is 18.6 Å². The first kappa shape index (κ1) is 25.8. The van der Waals surface area contributed by atoms with Crippen LogP contribution in [0.25, 0.3) is 6.08 Å². The highest BCUT2D eigenvalue weighted by molar-refractivity contribution is 7.07. The number of carbonyl (C=O) groups excluding carboxylic acids is 1. The molecule has 2 aromatic heterocycles. The van der Waals surface area contributed by atoms with Crippen LogP contribution in [0.1, 0.15) is 50.5 Å². The van der Waals surface area contributed by atoms with E-state index in [0.29, 0.717) is 43.4 Å². The fraction of sp³-hybridized carbons (Fsp3) is 0.393. The summed E-state index contributed by atoms with van der Waals surface area (Å²) in [5.74, 6) is 1.96. The number of ether oxygens (including phenoxy) is 3. The number of methoxy groups -OCH3 is 2. The molecule has 0 spiro atoms. The van der Waals surface area contributed by atoms with E-state index in [0.717, 1.165) is 31.8 Å².